The molecule has 32 heavy (non-hydrogen) atoms. The van der Waals surface area contributed by atoms with Gasteiger partial charge in [-0.25, -0.2) is 9.97 Å². The van der Waals surface area contributed by atoms with E-state index in [1.165, 1.54) is 7.11 Å². The Labute approximate surface area is 185 Å². The molecule has 2 aromatic carbocycles. The summed E-state index contributed by atoms with van der Waals surface area (Å²) >= 11 is 0. The minimum absolute atomic E-state index is 0.0911. The molecule has 0 unspecified atom stereocenters. The van der Waals surface area contributed by atoms with Crippen molar-refractivity contribution in [2.24, 2.45) is 7.05 Å². The van der Waals surface area contributed by atoms with Crippen LogP contribution in [0.3, 0.4) is 0 Å². The molecule has 2 heterocycles. The van der Waals surface area contributed by atoms with Gasteiger partial charge in [-0.3, -0.25) is 9.59 Å². The second-order valence-electron chi connectivity index (χ2n) is 7.29. The van der Waals surface area contributed by atoms with Gasteiger partial charge in [-0.1, -0.05) is 30.3 Å². The van der Waals surface area contributed by atoms with Crippen LogP contribution < -0.4 is 10.6 Å². The van der Waals surface area contributed by atoms with Crippen LogP contribution in [0.15, 0.2) is 61.2 Å². The smallest absolute Gasteiger partial charge is 0.251 e. The van der Waals surface area contributed by atoms with Crippen LogP contribution in [-0.4, -0.2) is 51.2 Å². The molecule has 4 aromatic rings. The Balaban J connectivity index is 1.68. The quantitative estimate of drug-likeness (QED) is 0.445. The largest absolute Gasteiger partial charge is 0.375 e. The van der Waals surface area contributed by atoms with E-state index in [2.05, 4.69) is 15.6 Å². The number of carbonyl (C=O) groups excluding carboxylic acids is 2. The molecule has 2 N–H and O–H groups in total. The number of aromatic nitrogens is 4. The summed E-state index contributed by atoms with van der Waals surface area (Å²) in [6.45, 7) is 0.954. The lowest BCUT2D eigenvalue weighted by atomic mass is 10.1. The first-order valence-electron chi connectivity index (χ1n) is 10.2. The lowest BCUT2D eigenvalue weighted by molar-refractivity contribution is -0.119. The van der Waals surface area contributed by atoms with Gasteiger partial charge in [0.25, 0.3) is 5.91 Å². The molecule has 0 aliphatic heterocycles. The van der Waals surface area contributed by atoms with Crippen molar-refractivity contribution >= 4 is 28.5 Å². The monoisotopic (exact) mass is 432 g/mol. The minimum atomic E-state index is -0.311. The van der Waals surface area contributed by atoms with Gasteiger partial charge in [0.2, 0.25) is 5.91 Å². The van der Waals surface area contributed by atoms with Crippen molar-refractivity contribution in [2.45, 2.75) is 6.54 Å². The van der Waals surface area contributed by atoms with E-state index in [4.69, 9.17) is 9.72 Å². The first-order valence-corrected chi connectivity index (χ1v) is 10.2. The fourth-order valence-electron chi connectivity index (χ4n) is 3.56. The number of rotatable bonds is 8. The number of methoxy groups -OCH3 is 1. The minimum Gasteiger partial charge on any atom is -0.375 e. The van der Waals surface area contributed by atoms with Crippen molar-refractivity contribution in [2.75, 3.05) is 25.6 Å². The number of nitrogens with zero attached hydrogens (tertiary/aromatic N) is 4. The molecule has 0 aliphatic rings. The molecule has 9 heteroatoms. The lowest BCUT2D eigenvalue weighted by Gasteiger charge is -2.11. The predicted octanol–water partition coefficient (Wildman–Crippen LogP) is 2.45. The summed E-state index contributed by atoms with van der Waals surface area (Å²) in [4.78, 5) is 33.8. The Morgan fingerprint density at radius 1 is 1.16 bits per heavy atom. The molecule has 0 atom stereocenters. The van der Waals surface area contributed by atoms with Crippen molar-refractivity contribution in [3.63, 3.8) is 0 Å². The van der Waals surface area contributed by atoms with Gasteiger partial charge in [-0.15, -0.1) is 0 Å². The number of aryl methyl sites for hydroxylation is 1. The van der Waals surface area contributed by atoms with Gasteiger partial charge < -0.3 is 24.5 Å². The number of hydrogen-bond acceptors (Lipinski definition) is 5. The highest BCUT2D eigenvalue weighted by molar-refractivity contribution is 6.06. The highest BCUT2D eigenvalue weighted by Gasteiger charge is 2.18. The normalized spacial score (nSPS) is 10.9. The number of nitrogens with one attached hydrogen (secondary N) is 2. The summed E-state index contributed by atoms with van der Waals surface area (Å²) in [5.74, 6) is 0.176. The molecule has 4 rings (SSSR count). The van der Waals surface area contributed by atoms with Gasteiger partial charge in [0.15, 0.2) is 0 Å². The second kappa shape index (κ2) is 9.44. The van der Waals surface area contributed by atoms with Gasteiger partial charge in [0.05, 0.1) is 23.0 Å². The SMILES string of the molecule is COCC(=O)Nc1cc(C(=O)NCCn2ccnc2)cc2nc(-c3ccccc3)n(C)c12. The van der Waals surface area contributed by atoms with Gasteiger partial charge in [-0.2, -0.15) is 0 Å². The van der Waals surface area contributed by atoms with Crippen LogP contribution in [0.2, 0.25) is 0 Å². The number of ether oxygens (including phenoxy) is 1. The van der Waals surface area contributed by atoms with E-state index in [0.717, 1.165) is 16.9 Å². The fourth-order valence-corrected chi connectivity index (χ4v) is 3.56. The Kier molecular flexibility index (Phi) is 6.27. The van der Waals surface area contributed by atoms with Crippen molar-refractivity contribution in [1.29, 1.82) is 0 Å². The average Bonchev–Trinajstić information content (AvgIpc) is 3.42. The molecule has 0 fully saturated rings. The molecular formula is C23H24N6O3. The molecule has 0 radical (unpaired) electrons. The van der Waals surface area contributed by atoms with Crippen LogP contribution in [0, 0.1) is 0 Å². The second-order valence-corrected chi connectivity index (χ2v) is 7.29. The number of anilines is 1. The summed E-state index contributed by atoms with van der Waals surface area (Å²) in [6, 6.07) is 13.2. The van der Waals surface area contributed by atoms with E-state index in [1.54, 1.807) is 24.7 Å². The van der Waals surface area contributed by atoms with Crippen LogP contribution in [0.1, 0.15) is 10.4 Å². The third kappa shape index (κ3) is 4.52. The van der Waals surface area contributed by atoms with E-state index in [9.17, 15) is 9.59 Å². The van der Waals surface area contributed by atoms with Crippen LogP contribution >= 0.6 is 0 Å². The van der Waals surface area contributed by atoms with Crippen LogP contribution in [0.5, 0.6) is 0 Å². The number of hydrogen-bond donors (Lipinski definition) is 2. The van der Waals surface area contributed by atoms with Crippen molar-refractivity contribution in [3.05, 3.63) is 66.7 Å². The van der Waals surface area contributed by atoms with Gasteiger partial charge in [0, 0.05) is 50.8 Å². The maximum Gasteiger partial charge on any atom is 0.251 e. The molecule has 0 saturated carbocycles. The number of carbonyl (C=O) groups is 2. The Hall–Kier alpha value is -3.98. The molecule has 0 spiro atoms. The van der Waals surface area contributed by atoms with Crippen LogP contribution in [0.4, 0.5) is 5.69 Å². The molecule has 2 amide bonds. The topological polar surface area (TPSA) is 103 Å². The number of benzene rings is 2. The van der Waals surface area contributed by atoms with E-state index < -0.39 is 0 Å². The van der Waals surface area contributed by atoms with E-state index in [-0.39, 0.29) is 18.4 Å². The molecule has 0 saturated heterocycles. The fraction of sp³-hybridized carbons (Fsp3) is 0.217. The van der Waals surface area contributed by atoms with Crippen molar-refractivity contribution in [3.8, 4) is 11.4 Å². The summed E-state index contributed by atoms with van der Waals surface area (Å²) in [5.41, 5.74) is 3.19. The first-order chi connectivity index (χ1) is 15.6. The average molecular weight is 432 g/mol. The molecule has 0 aliphatic carbocycles. The molecule has 2 aromatic heterocycles. The van der Waals surface area contributed by atoms with Gasteiger partial charge in [-0.05, 0) is 12.1 Å². The summed E-state index contributed by atoms with van der Waals surface area (Å²) in [6.07, 6.45) is 5.22. The van der Waals surface area contributed by atoms with E-state index in [1.807, 2.05) is 52.7 Å². The molecule has 9 nitrogen and oxygen atoms in total. The zero-order valence-corrected chi connectivity index (χ0v) is 17.9. The predicted molar refractivity (Wildman–Crippen MR) is 121 cm³/mol. The van der Waals surface area contributed by atoms with Gasteiger partial charge >= 0.3 is 0 Å². The highest BCUT2D eigenvalue weighted by atomic mass is 16.5. The maximum atomic E-state index is 12.8. The zero-order valence-electron chi connectivity index (χ0n) is 17.9. The lowest BCUT2D eigenvalue weighted by Crippen LogP contribution is -2.27. The number of fused-ring (bicyclic) bond motifs is 1. The van der Waals surface area contributed by atoms with Gasteiger partial charge in [0.1, 0.15) is 12.4 Å². The number of imidazole rings is 2. The Morgan fingerprint density at radius 2 is 1.97 bits per heavy atom. The summed E-state index contributed by atoms with van der Waals surface area (Å²) in [7, 11) is 3.34. The van der Waals surface area contributed by atoms with Crippen LogP contribution in [0.25, 0.3) is 22.4 Å². The standard InChI is InChI=1S/C23H24N6O3/c1-28-21-18(26-20(30)14-32-2)12-17(23(31)25-9-11-29-10-8-24-15-29)13-19(21)27-22(28)16-6-4-3-5-7-16/h3-8,10,12-13,15H,9,11,14H2,1-2H3,(H,25,31)(H,26,30). The molecular weight excluding hydrogens is 408 g/mol. The molecule has 164 valence electrons. The third-order valence-corrected chi connectivity index (χ3v) is 5.03. The van der Waals surface area contributed by atoms with Crippen molar-refractivity contribution in [1.82, 2.24) is 24.4 Å². The highest BCUT2D eigenvalue weighted by Crippen LogP contribution is 2.30. The summed E-state index contributed by atoms with van der Waals surface area (Å²) in [5, 5.41) is 5.75. The summed E-state index contributed by atoms with van der Waals surface area (Å²) < 4.78 is 8.73. The molecule has 0 bridgehead atoms. The van der Waals surface area contributed by atoms with Crippen LogP contribution in [-0.2, 0) is 23.1 Å². The number of amides is 2. The maximum absolute atomic E-state index is 12.8. The van der Waals surface area contributed by atoms with Crippen molar-refractivity contribution < 1.29 is 14.3 Å². The van der Waals surface area contributed by atoms with E-state index >= 15 is 0 Å². The zero-order chi connectivity index (χ0) is 22.5. The third-order valence-electron chi connectivity index (χ3n) is 5.03. The first kappa shape index (κ1) is 21.3. The Morgan fingerprint density at radius 3 is 2.69 bits per heavy atom. The van der Waals surface area contributed by atoms with E-state index in [0.29, 0.717) is 29.9 Å². The Bertz CT molecular complexity index is 1230.